The standard InChI is InChI=1S/C12H14N2/c13-9-12-7-4-8-14(12)10-11-5-2-1-3-6-11/h1-8H,9-10,13H2. The van der Waals surface area contributed by atoms with E-state index < -0.39 is 0 Å². The van der Waals surface area contributed by atoms with Crippen molar-refractivity contribution >= 4 is 0 Å². The van der Waals surface area contributed by atoms with E-state index in [0.29, 0.717) is 6.54 Å². The molecule has 1 heterocycles. The fourth-order valence-corrected chi connectivity index (χ4v) is 1.57. The molecule has 0 aliphatic carbocycles. The number of nitrogens with zero attached hydrogens (tertiary/aromatic N) is 1. The molecule has 1 aromatic heterocycles. The maximum absolute atomic E-state index is 5.63. The molecule has 2 N–H and O–H groups in total. The van der Waals surface area contributed by atoms with Gasteiger partial charge in [-0.25, -0.2) is 0 Å². The van der Waals surface area contributed by atoms with E-state index in [2.05, 4.69) is 41.1 Å². The molecule has 2 rings (SSSR count). The Balaban J connectivity index is 2.19. The van der Waals surface area contributed by atoms with Gasteiger partial charge in [-0.15, -0.1) is 0 Å². The molecule has 0 aliphatic heterocycles. The second-order valence-corrected chi connectivity index (χ2v) is 3.32. The van der Waals surface area contributed by atoms with E-state index >= 15 is 0 Å². The Bertz CT molecular complexity index is 390. The summed E-state index contributed by atoms with van der Waals surface area (Å²) in [5, 5.41) is 0. The second kappa shape index (κ2) is 4.11. The average molecular weight is 186 g/mol. The van der Waals surface area contributed by atoms with Crippen LogP contribution in [-0.2, 0) is 13.1 Å². The highest BCUT2D eigenvalue weighted by Crippen LogP contribution is 2.06. The summed E-state index contributed by atoms with van der Waals surface area (Å²) in [7, 11) is 0. The highest BCUT2D eigenvalue weighted by molar-refractivity contribution is 5.17. The second-order valence-electron chi connectivity index (χ2n) is 3.32. The summed E-state index contributed by atoms with van der Waals surface area (Å²) in [6.45, 7) is 1.50. The van der Waals surface area contributed by atoms with Crippen LogP contribution < -0.4 is 5.73 Å². The fraction of sp³-hybridized carbons (Fsp3) is 0.167. The molecule has 0 bridgehead atoms. The predicted molar refractivity (Wildman–Crippen MR) is 57.9 cm³/mol. The molecule has 0 saturated heterocycles. The molecule has 1 aromatic carbocycles. The third kappa shape index (κ3) is 1.86. The average Bonchev–Trinajstić information content (AvgIpc) is 2.67. The van der Waals surface area contributed by atoms with Gasteiger partial charge in [0.25, 0.3) is 0 Å². The maximum Gasteiger partial charge on any atom is 0.0473 e. The van der Waals surface area contributed by atoms with Gasteiger partial charge < -0.3 is 10.3 Å². The summed E-state index contributed by atoms with van der Waals surface area (Å²) in [5.74, 6) is 0. The summed E-state index contributed by atoms with van der Waals surface area (Å²) in [5.41, 5.74) is 8.11. The van der Waals surface area contributed by atoms with Crippen molar-refractivity contribution < 1.29 is 0 Å². The van der Waals surface area contributed by atoms with E-state index in [1.807, 2.05) is 12.1 Å². The molecule has 0 atom stereocenters. The van der Waals surface area contributed by atoms with Crippen molar-refractivity contribution in [2.45, 2.75) is 13.1 Å². The van der Waals surface area contributed by atoms with Crippen LogP contribution >= 0.6 is 0 Å². The molecular weight excluding hydrogens is 172 g/mol. The molecule has 0 unspecified atom stereocenters. The van der Waals surface area contributed by atoms with Gasteiger partial charge in [0.15, 0.2) is 0 Å². The van der Waals surface area contributed by atoms with Crippen LogP contribution in [0.2, 0.25) is 0 Å². The molecule has 2 heteroatoms. The predicted octanol–water partition coefficient (Wildman–Crippen LogP) is 2.00. The number of nitrogens with two attached hydrogens (primary N) is 1. The summed E-state index contributed by atoms with van der Waals surface area (Å²) < 4.78 is 2.18. The van der Waals surface area contributed by atoms with Crippen molar-refractivity contribution in [3.63, 3.8) is 0 Å². The lowest BCUT2D eigenvalue weighted by Crippen LogP contribution is -2.07. The highest BCUT2D eigenvalue weighted by Gasteiger charge is 1.98. The Kier molecular flexibility index (Phi) is 2.65. The van der Waals surface area contributed by atoms with E-state index in [9.17, 15) is 0 Å². The van der Waals surface area contributed by atoms with Gasteiger partial charge in [0, 0.05) is 25.0 Å². The first-order valence-corrected chi connectivity index (χ1v) is 4.78. The third-order valence-corrected chi connectivity index (χ3v) is 2.33. The van der Waals surface area contributed by atoms with Gasteiger partial charge >= 0.3 is 0 Å². The third-order valence-electron chi connectivity index (χ3n) is 2.33. The summed E-state index contributed by atoms with van der Waals surface area (Å²) in [6.07, 6.45) is 2.06. The van der Waals surface area contributed by atoms with Crippen LogP contribution in [0.5, 0.6) is 0 Å². The monoisotopic (exact) mass is 186 g/mol. The van der Waals surface area contributed by atoms with Crippen molar-refractivity contribution in [3.8, 4) is 0 Å². The molecule has 72 valence electrons. The van der Waals surface area contributed by atoms with Gasteiger partial charge in [-0.05, 0) is 17.7 Å². The van der Waals surface area contributed by atoms with Gasteiger partial charge in [-0.3, -0.25) is 0 Å². The van der Waals surface area contributed by atoms with Crippen molar-refractivity contribution in [1.82, 2.24) is 4.57 Å². The number of hydrogen-bond donors (Lipinski definition) is 1. The van der Waals surface area contributed by atoms with Crippen molar-refractivity contribution in [2.75, 3.05) is 0 Å². The Labute approximate surface area is 84.0 Å². The zero-order valence-electron chi connectivity index (χ0n) is 8.06. The SMILES string of the molecule is NCc1cccn1Cc1ccccc1. The summed E-state index contributed by atoms with van der Waals surface area (Å²) in [4.78, 5) is 0. The quantitative estimate of drug-likeness (QED) is 0.781. The van der Waals surface area contributed by atoms with Crippen molar-refractivity contribution in [3.05, 3.63) is 59.9 Å². The first-order valence-electron chi connectivity index (χ1n) is 4.78. The Morgan fingerprint density at radius 1 is 1.00 bits per heavy atom. The zero-order valence-corrected chi connectivity index (χ0v) is 8.06. The van der Waals surface area contributed by atoms with E-state index in [0.717, 1.165) is 6.54 Å². The molecular formula is C12H14N2. The smallest absolute Gasteiger partial charge is 0.0473 e. The van der Waals surface area contributed by atoms with Crippen LogP contribution in [0, 0.1) is 0 Å². The van der Waals surface area contributed by atoms with E-state index in [1.54, 1.807) is 0 Å². The lowest BCUT2D eigenvalue weighted by molar-refractivity contribution is 0.744. The number of aromatic nitrogens is 1. The number of hydrogen-bond acceptors (Lipinski definition) is 1. The molecule has 2 aromatic rings. The molecule has 0 spiro atoms. The number of rotatable bonds is 3. The number of benzene rings is 1. The lowest BCUT2D eigenvalue weighted by Gasteiger charge is -2.07. The molecule has 0 aliphatic rings. The van der Waals surface area contributed by atoms with E-state index in [-0.39, 0.29) is 0 Å². The first kappa shape index (κ1) is 9.03. The van der Waals surface area contributed by atoms with Gasteiger partial charge in [0.2, 0.25) is 0 Å². The Hall–Kier alpha value is -1.54. The van der Waals surface area contributed by atoms with Crippen LogP contribution in [0.4, 0.5) is 0 Å². The van der Waals surface area contributed by atoms with Crippen LogP contribution in [0.15, 0.2) is 48.7 Å². The van der Waals surface area contributed by atoms with Gasteiger partial charge in [0.05, 0.1) is 0 Å². The van der Waals surface area contributed by atoms with E-state index in [1.165, 1.54) is 11.3 Å². The molecule has 0 fully saturated rings. The normalized spacial score (nSPS) is 10.4. The van der Waals surface area contributed by atoms with Crippen LogP contribution in [0.1, 0.15) is 11.3 Å². The van der Waals surface area contributed by atoms with Gasteiger partial charge in [0.1, 0.15) is 0 Å². The largest absolute Gasteiger partial charge is 0.346 e. The molecule has 0 amide bonds. The minimum Gasteiger partial charge on any atom is -0.346 e. The molecule has 2 nitrogen and oxygen atoms in total. The highest BCUT2D eigenvalue weighted by atomic mass is 15.0. The minimum absolute atomic E-state index is 0.597. The molecule has 0 radical (unpaired) electrons. The van der Waals surface area contributed by atoms with Gasteiger partial charge in [-0.1, -0.05) is 30.3 Å². The summed E-state index contributed by atoms with van der Waals surface area (Å²) >= 11 is 0. The minimum atomic E-state index is 0.597. The van der Waals surface area contributed by atoms with Crippen LogP contribution in [0.3, 0.4) is 0 Å². The lowest BCUT2D eigenvalue weighted by atomic mass is 10.2. The van der Waals surface area contributed by atoms with Crippen molar-refractivity contribution in [2.24, 2.45) is 5.73 Å². The maximum atomic E-state index is 5.63. The fourth-order valence-electron chi connectivity index (χ4n) is 1.57. The Morgan fingerprint density at radius 2 is 1.79 bits per heavy atom. The van der Waals surface area contributed by atoms with E-state index in [4.69, 9.17) is 5.73 Å². The Morgan fingerprint density at radius 3 is 2.50 bits per heavy atom. The van der Waals surface area contributed by atoms with Crippen LogP contribution in [-0.4, -0.2) is 4.57 Å². The molecule has 0 saturated carbocycles. The summed E-state index contributed by atoms with van der Waals surface area (Å²) in [6, 6.07) is 14.5. The van der Waals surface area contributed by atoms with Crippen LogP contribution in [0.25, 0.3) is 0 Å². The molecule has 14 heavy (non-hydrogen) atoms. The first-order chi connectivity index (χ1) is 6.90. The topological polar surface area (TPSA) is 30.9 Å². The zero-order chi connectivity index (χ0) is 9.80. The van der Waals surface area contributed by atoms with Crippen molar-refractivity contribution in [1.29, 1.82) is 0 Å². The van der Waals surface area contributed by atoms with Gasteiger partial charge in [-0.2, -0.15) is 0 Å².